The first-order valence-corrected chi connectivity index (χ1v) is 12.9. The maximum absolute atomic E-state index is 13.2. The van der Waals surface area contributed by atoms with E-state index >= 15 is 0 Å². The van der Waals surface area contributed by atoms with Crippen molar-refractivity contribution in [2.24, 2.45) is 5.41 Å². The van der Waals surface area contributed by atoms with E-state index in [-0.39, 0.29) is 17.2 Å². The highest BCUT2D eigenvalue weighted by atomic mass is 16.5. The Morgan fingerprint density at radius 3 is 2.49 bits per heavy atom. The summed E-state index contributed by atoms with van der Waals surface area (Å²) >= 11 is 0. The molecule has 35 heavy (non-hydrogen) atoms. The number of hydrogen-bond acceptors (Lipinski definition) is 4. The van der Waals surface area contributed by atoms with Crippen LogP contribution in [0, 0.1) is 5.41 Å². The van der Waals surface area contributed by atoms with Crippen molar-refractivity contribution in [3.05, 3.63) is 59.7 Å². The largest absolute Gasteiger partial charge is 0.496 e. The van der Waals surface area contributed by atoms with Crippen LogP contribution in [0.5, 0.6) is 11.5 Å². The molecule has 1 spiro atoms. The monoisotopic (exact) mass is 478 g/mol. The highest BCUT2D eigenvalue weighted by Crippen LogP contribution is 2.39. The fraction of sp³-hybridized carbons (Fsp3) is 0.517. The van der Waals surface area contributed by atoms with Crippen LogP contribution in [0.2, 0.25) is 0 Å². The summed E-state index contributed by atoms with van der Waals surface area (Å²) in [5, 5.41) is 0. The van der Waals surface area contributed by atoms with Crippen LogP contribution in [-0.2, 0) is 11.2 Å². The number of benzene rings is 2. The van der Waals surface area contributed by atoms with Gasteiger partial charge in [0.25, 0.3) is 5.91 Å². The van der Waals surface area contributed by atoms with Crippen LogP contribution in [0.25, 0.3) is 0 Å². The molecule has 0 unspecified atom stereocenters. The summed E-state index contributed by atoms with van der Waals surface area (Å²) in [4.78, 5) is 30.0. The van der Waals surface area contributed by atoms with E-state index in [9.17, 15) is 9.59 Å². The molecule has 0 aromatic heterocycles. The molecule has 0 atom stereocenters. The summed E-state index contributed by atoms with van der Waals surface area (Å²) in [5.74, 6) is 1.76. The number of likely N-dealkylation sites (tertiary alicyclic amines) is 1. The van der Waals surface area contributed by atoms with Gasteiger partial charge in [-0.25, -0.2) is 0 Å². The van der Waals surface area contributed by atoms with Crippen molar-refractivity contribution in [2.75, 3.05) is 40.4 Å². The maximum atomic E-state index is 13.2. The second-order valence-corrected chi connectivity index (χ2v) is 10.0. The van der Waals surface area contributed by atoms with Gasteiger partial charge in [0.2, 0.25) is 5.91 Å². The number of fused-ring (bicyclic) bond motifs is 1. The lowest BCUT2D eigenvalue weighted by atomic mass is 9.73. The van der Waals surface area contributed by atoms with Gasteiger partial charge in [-0.2, -0.15) is 0 Å². The number of aryl methyl sites for hydroxylation is 1. The molecule has 1 fully saturated rings. The van der Waals surface area contributed by atoms with Crippen LogP contribution < -0.4 is 9.47 Å². The number of carbonyl (C=O) groups is 2. The summed E-state index contributed by atoms with van der Waals surface area (Å²) in [6, 6.07) is 15.7. The number of methoxy groups -OCH3 is 1. The van der Waals surface area contributed by atoms with Crippen LogP contribution in [0.4, 0.5) is 0 Å². The summed E-state index contributed by atoms with van der Waals surface area (Å²) in [5.41, 5.74) is 1.91. The van der Waals surface area contributed by atoms with E-state index in [1.165, 1.54) is 5.56 Å². The molecule has 2 heterocycles. The highest BCUT2D eigenvalue weighted by molar-refractivity contribution is 5.97. The lowest BCUT2D eigenvalue weighted by Gasteiger charge is -2.44. The Hall–Kier alpha value is -3.02. The van der Waals surface area contributed by atoms with Gasteiger partial charge in [-0.15, -0.1) is 0 Å². The highest BCUT2D eigenvalue weighted by Gasteiger charge is 2.37. The zero-order valence-electron chi connectivity index (χ0n) is 21.1. The minimum Gasteiger partial charge on any atom is -0.496 e. The molecule has 2 aliphatic rings. The summed E-state index contributed by atoms with van der Waals surface area (Å²) in [6.45, 7) is 2.72. The van der Waals surface area contributed by atoms with Gasteiger partial charge in [0.15, 0.2) is 0 Å². The van der Waals surface area contributed by atoms with Crippen molar-refractivity contribution in [2.45, 2.75) is 51.4 Å². The first-order valence-electron chi connectivity index (χ1n) is 12.9. The average molecular weight is 479 g/mol. The minimum atomic E-state index is 0.0271. The number of ether oxygens (including phenoxy) is 2. The Kier molecular flexibility index (Phi) is 8.32. The molecule has 2 aromatic rings. The first kappa shape index (κ1) is 25.1. The molecule has 2 aromatic carbocycles. The van der Waals surface area contributed by atoms with Gasteiger partial charge < -0.3 is 19.3 Å². The molecule has 0 saturated carbocycles. The van der Waals surface area contributed by atoms with E-state index in [0.717, 1.165) is 50.8 Å². The summed E-state index contributed by atoms with van der Waals surface area (Å²) in [6.07, 6.45) is 7.26. The first-order chi connectivity index (χ1) is 17.0. The Labute approximate surface area is 209 Å². The second kappa shape index (κ2) is 11.6. The third-order valence-corrected chi connectivity index (χ3v) is 7.62. The lowest BCUT2D eigenvalue weighted by molar-refractivity contribution is -0.132. The second-order valence-electron chi connectivity index (χ2n) is 10.0. The predicted octanol–water partition coefficient (Wildman–Crippen LogP) is 4.96. The Bertz CT molecular complexity index is 1010. The number of carbonyl (C=O) groups excluding carboxylic acids is 2. The van der Waals surface area contributed by atoms with E-state index in [4.69, 9.17) is 9.47 Å². The Balaban J connectivity index is 1.45. The standard InChI is InChI=1S/C29H38N2O4/c1-30-22-29(17-19-31(20-18-29)28(33)24-12-4-6-14-26(24)34-2)16-8-7-11-23-10-3-5-13-25(23)35-21-9-15-27(30)32/h3-6,10,12-14H,7-9,11,15-22H2,1-2H3. The van der Waals surface area contributed by atoms with Crippen LogP contribution >= 0.6 is 0 Å². The number of piperidine rings is 1. The Morgan fingerprint density at radius 2 is 1.69 bits per heavy atom. The van der Waals surface area contributed by atoms with Gasteiger partial charge in [0, 0.05) is 33.1 Å². The van der Waals surface area contributed by atoms with Gasteiger partial charge >= 0.3 is 0 Å². The summed E-state index contributed by atoms with van der Waals surface area (Å²) in [7, 11) is 3.53. The molecule has 6 heteroatoms. The average Bonchev–Trinajstić information content (AvgIpc) is 2.89. The fourth-order valence-corrected chi connectivity index (χ4v) is 5.52. The van der Waals surface area contributed by atoms with Gasteiger partial charge in [0.05, 0.1) is 19.3 Å². The van der Waals surface area contributed by atoms with Crippen molar-refractivity contribution < 1.29 is 19.1 Å². The molecule has 6 nitrogen and oxygen atoms in total. The number of para-hydroxylation sites is 2. The lowest BCUT2D eigenvalue weighted by Crippen LogP contribution is -2.48. The van der Waals surface area contributed by atoms with Crippen molar-refractivity contribution in [3.8, 4) is 11.5 Å². The summed E-state index contributed by atoms with van der Waals surface area (Å²) < 4.78 is 11.4. The zero-order valence-corrected chi connectivity index (χ0v) is 21.1. The topological polar surface area (TPSA) is 59.1 Å². The Morgan fingerprint density at radius 1 is 0.943 bits per heavy atom. The van der Waals surface area contributed by atoms with Gasteiger partial charge in [-0.05, 0) is 67.7 Å². The van der Waals surface area contributed by atoms with E-state index in [0.29, 0.717) is 43.9 Å². The van der Waals surface area contributed by atoms with Crippen molar-refractivity contribution in [1.29, 1.82) is 0 Å². The molecule has 2 aliphatic heterocycles. The zero-order chi connectivity index (χ0) is 24.7. The van der Waals surface area contributed by atoms with Crippen molar-refractivity contribution in [1.82, 2.24) is 9.80 Å². The molecule has 0 bridgehead atoms. The molecule has 188 valence electrons. The molecule has 2 amide bonds. The molecule has 4 rings (SSSR count). The minimum absolute atomic E-state index is 0.0271. The maximum Gasteiger partial charge on any atom is 0.257 e. The van der Waals surface area contributed by atoms with E-state index < -0.39 is 0 Å². The van der Waals surface area contributed by atoms with E-state index in [2.05, 4.69) is 12.1 Å². The van der Waals surface area contributed by atoms with Gasteiger partial charge in [-0.3, -0.25) is 9.59 Å². The number of nitrogens with zero attached hydrogens (tertiary/aromatic N) is 2. The molecule has 1 saturated heterocycles. The molecule has 0 radical (unpaired) electrons. The van der Waals surface area contributed by atoms with Crippen molar-refractivity contribution >= 4 is 11.8 Å². The van der Waals surface area contributed by atoms with Crippen LogP contribution in [-0.4, -0.2) is 62.0 Å². The van der Waals surface area contributed by atoms with Crippen LogP contribution in [0.15, 0.2) is 48.5 Å². The molecule has 0 N–H and O–H groups in total. The third kappa shape index (κ3) is 6.16. The normalized spacial score (nSPS) is 19.4. The number of amides is 2. The van der Waals surface area contributed by atoms with E-state index in [1.54, 1.807) is 7.11 Å². The van der Waals surface area contributed by atoms with Gasteiger partial charge in [-0.1, -0.05) is 36.8 Å². The SMILES string of the molecule is COc1ccccc1C(=O)N1CCC2(CCCCc3ccccc3OCCCC(=O)N(C)C2)CC1. The fourth-order valence-electron chi connectivity index (χ4n) is 5.52. The smallest absolute Gasteiger partial charge is 0.257 e. The van der Waals surface area contributed by atoms with E-state index in [1.807, 2.05) is 53.2 Å². The molecular weight excluding hydrogens is 440 g/mol. The quantitative estimate of drug-likeness (QED) is 0.612. The number of hydrogen-bond donors (Lipinski definition) is 0. The van der Waals surface area contributed by atoms with Crippen LogP contribution in [0.1, 0.15) is 60.9 Å². The molecule has 0 aliphatic carbocycles. The van der Waals surface area contributed by atoms with Crippen LogP contribution in [0.3, 0.4) is 0 Å². The third-order valence-electron chi connectivity index (χ3n) is 7.62. The predicted molar refractivity (Wildman–Crippen MR) is 137 cm³/mol. The molecular formula is C29H38N2O4. The van der Waals surface area contributed by atoms with Crippen molar-refractivity contribution in [3.63, 3.8) is 0 Å². The van der Waals surface area contributed by atoms with Gasteiger partial charge in [0.1, 0.15) is 11.5 Å². The number of rotatable bonds is 2.